The fraction of sp³-hybridized carbons (Fsp3) is 0.308. The van der Waals surface area contributed by atoms with Crippen molar-refractivity contribution in [1.29, 1.82) is 0 Å². The van der Waals surface area contributed by atoms with Crippen LogP contribution in [0.15, 0.2) is 30.5 Å². The van der Waals surface area contributed by atoms with Crippen LogP contribution in [0.5, 0.6) is 0 Å². The molecule has 84 valence electrons. The number of aryl methyl sites for hydroxylation is 1. The number of fused-ring (bicyclic) bond motifs is 1. The van der Waals surface area contributed by atoms with Crippen LogP contribution in [0, 0.1) is 0 Å². The van der Waals surface area contributed by atoms with Crippen molar-refractivity contribution in [2.75, 3.05) is 0 Å². The van der Waals surface area contributed by atoms with Crippen LogP contribution in [0.3, 0.4) is 0 Å². The maximum atomic E-state index is 6.13. The molecule has 2 nitrogen and oxygen atoms in total. The fourth-order valence-corrected chi connectivity index (χ4v) is 2.00. The van der Waals surface area contributed by atoms with Crippen LogP contribution >= 0.6 is 11.6 Å². The third-order valence-electron chi connectivity index (χ3n) is 2.67. The Morgan fingerprint density at radius 3 is 2.94 bits per heavy atom. The van der Waals surface area contributed by atoms with Gasteiger partial charge in [-0.25, -0.2) is 0 Å². The van der Waals surface area contributed by atoms with E-state index in [9.17, 15) is 0 Å². The number of benzene rings is 1. The molecule has 3 heteroatoms. The second-order valence-corrected chi connectivity index (χ2v) is 4.53. The molecule has 1 aromatic heterocycles. The van der Waals surface area contributed by atoms with Crippen LogP contribution in [-0.2, 0) is 6.42 Å². The van der Waals surface area contributed by atoms with Crippen molar-refractivity contribution >= 4 is 22.5 Å². The molecular weight excluding hydrogens is 220 g/mol. The summed E-state index contributed by atoms with van der Waals surface area (Å²) in [4.78, 5) is 4.39. The van der Waals surface area contributed by atoms with Crippen LogP contribution in [0.4, 0.5) is 0 Å². The summed E-state index contributed by atoms with van der Waals surface area (Å²) >= 11 is 6.13. The highest BCUT2D eigenvalue weighted by molar-refractivity contribution is 6.35. The lowest BCUT2D eigenvalue weighted by atomic mass is 10.0. The summed E-state index contributed by atoms with van der Waals surface area (Å²) in [6.07, 6.45) is 3.71. The number of hydrogen-bond donors (Lipinski definition) is 1. The van der Waals surface area contributed by atoms with Crippen molar-refractivity contribution in [2.45, 2.75) is 25.8 Å². The average molecular weight is 235 g/mol. The Kier molecular flexibility index (Phi) is 3.42. The van der Waals surface area contributed by atoms with E-state index in [2.05, 4.69) is 4.98 Å². The first-order valence-electron chi connectivity index (χ1n) is 5.46. The Morgan fingerprint density at radius 1 is 1.38 bits per heavy atom. The smallest absolute Gasteiger partial charge is 0.0748 e. The maximum Gasteiger partial charge on any atom is 0.0748 e. The molecule has 0 radical (unpaired) electrons. The van der Waals surface area contributed by atoms with Gasteiger partial charge in [-0.1, -0.05) is 17.7 Å². The minimum Gasteiger partial charge on any atom is -0.328 e. The Bertz CT molecular complexity index is 494. The lowest BCUT2D eigenvalue weighted by Crippen LogP contribution is -2.15. The van der Waals surface area contributed by atoms with Gasteiger partial charge in [-0.15, -0.1) is 0 Å². The molecule has 0 aliphatic carbocycles. The standard InChI is InChI=1S/C13H15ClN2/c1-9(15)4-5-10-6-7-12(14)11-3-2-8-16-13(10)11/h2-3,6-9H,4-5,15H2,1H3. The lowest BCUT2D eigenvalue weighted by molar-refractivity contribution is 0.667. The normalized spacial score (nSPS) is 12.9. The zero-order valence-corrected chi connectivity index (χ0v) is 10.0. The molecule has 0 fully saturated rings. The highest BCUT2D eigenvalue weighted by atomic mass is 35.5. The van der Waals surface area contributed by atoms with Crippen molar-refractivity contribution in [3.8, 4) is 0 Å². The average Bonchev–Trinajstić information content (AvgIpc) is 2.28. The lowest BCUT2D eigenvalue weighted by Gasteiger charge is -2.08. The first-order valence-corrected chi connectivity index (χ1v) is 5.84. The summed E-state index contributed by atoms with van der Waals surface area (Å²) in [6.45, 7) is 2.02. The summed E-state index contributed by atoms with van der Waals surface area (Å²) in [5.41, 5.74) is 7.98. The Balaban J connectivity index is 2.42. The highest BCUT2D eigenvalue weighted by Crippen LogP contribution is 2.25. The van der Waals surface area contributed by atoms with Gasteiger partial charge < -0.3 is 5.73 Å². The molecule has 1 unspecified atom stereocenters. The SMILES string of the molecule is CC(N)CCc1ccc(Cl)c2cccnc12. The van der Waals surface area contributed by atoms with E-state index in [1.165, 1.54) is 5.56 Å². The fourth-order valence-electron chi connectivity index (χ4n) is 1.78. The molecule has 0 saturated carbocycles. The van der Waals surface area contributed by atoms with Crippen LogP contribution in [0.2, 0.25) is 5.02 Å². The van der Waals surface area contributed by atoms with Crippen molar-refractivity contribution in [2.24, 2.45) is 5.73 Å². The summed E-state index contributed by atoms with van der Waals surface area (Å²) in [6, 6.07) is 8.10. The van der Waals surface area contributed by atoms with Crippen molar-refractivity contribution in [1.82, 2.24) is 4.98 Å². The number of pyridine rings is 1. The Labute approximate surface area is 100 Å². The second kappa shape index (κ2) is 4.81. The number of rotatable bonds is 3. The van der Waals surface area contributed by atoms with Crippen molar-refractivity contribution in [3.05, 3.63) is 41.0 Å². The zero-order valence-electron chi connectivity index (χ0n) is 9.28. The molecule has 2 N–H and O–H groups in total. The van der Waals surface area contributed by atoms with Gasteiger partial charge in [-0.2, -0.15) is 0 Å². The van der Waals surface area contributed by atoms with Crippen LogP contribution in [-0.4, -0.2) is 11.0 Å². The predicted octanol–water partition coefficient (Wildman–Crippen LogP) is 3.17. The van der Waals surface area contributed by atoms with Crippen LogP contribution < -0.4 is 5.73 Å². The van der Waals surface area contributed by atoms with E-state index in [1.54, 1.807) is 6.20 Å². The Morgan fingerprint density at radius 2 is 2.19 bits per heavy atom. The number of nitrogens with zero attached hydrogens (tertiary/aromatic N) is 1. The molecule has 1 aromatic carbocycles. The molecular formula is C13H15ClN2. The van der Waals surface area contributed by atoms with Gasteiger partial charge in [0.2, 0.25) is 0 Å². The van der Waals surface area contributed by atoms with Gasteiger partial charge in [-0.05, 0) is 43.5 Å². The first kappa shape index (κ1) is 11.4. The molecule has 2 aromatic rings. The maximum absolute atomic E-state index is 6.13. The first-order chi connectivity index (χ1) is 7.68. The van der Waals surface area contributed by atoms with Gasteiger partial charge in [0.15, 0.2) is 0 Å². The van der Waals surface area contributed by atoms with Crippen LogP contribution in [0.1, 0.15) is 18.9 Å². The van der Waals surface area contributed by atoms with E-state index in [4.69, 9.17) is 17.3 Å². The quantitative estimate of drug-likeness (QED) is 0.886. The molecule has 0 aliphatic rings. The van der Waals surface area contributed by atoms with E-state index in [-0.39, 0.29) is 6.04 Å². The topological polar surface area (TPSA) is 38.9 Å². The van der Waals surface area contributed by atoms with Crippen LogP contribution in [0.25, 0.3) is 10.9 Å². The van der Waals surface area contributed by atoms with Gasteiger partial charge in [-0.3, -0.25) is 4.98 Å². The number of aromatic nitrogens is 1. The van der Waals surface area contributed by atoms with E-state index < -0.39 is 0 Å². The number of hydrogen-bond acceptors (Lipinski definition) is 2. The highest BCUT2D eigenvalue weighted by Gasteiger charge is 2.06. The molecule has 0 bridgehead atoms. The minimum atomic E-state index is 0.217. The molecule has 16 heavy (non-hydrogen) atoms. The van der Waals surface area contributed by atoms with Gasteiger partial charge in [0.1, 0.15) is 0 Å². The van der Waals surface area contributed by atoms with E-state index in [0.29, 0.717) is 0 Å². The van der Waals surface area contributed by atoms with Gasteiger partial charge >= 0.3 is 0 Å². The van der Waals surface area contributed by atoms with Crippen molar-refractivity contribution in [3.63, 3.8) is 0 Å². The third-order valence-corrected chi connectivity index (χ3v) is 3.00. The number of halogens is 1. The minimum absolute atomic E-state index is 0.217. The molecule has 0 amide bonds. The molecule has 2 rings (SSSR count). The monoisotopic (exact) mass is 234 g/mol. The van der Waals surface area contributed by atoms with Gasteiger partial charge in [0.25, 0.3) is 0 Å². The Hall–Kier alpha value is -1.12. The molecule has 0 spiro atoms. The van der Waals surface area contributed by atoms with Crippen molar-refractivity contribution < 1.29 is 0 Å². The molecule has 0 aliphatic heterocycles. The third kappa shape index (κ3) is 2.34. The summed E-state index contributed by atoms with van der Waals surface area (Å²) in [5, 5.41) is 1.78. The summed E-state index contributed by atoms with van der Waals surface area (Å²) < 4.78 is 0. The predicted molar refractivity (Wildman–Crippen MR) is 68.7 cm³/mol. The largest absolute Gasteiger partial charge is 0.328 e. The van der Waals surface area contributed by atoms with E-state index >= 15 is 0 Å². The second-order valence-electron chi connectivity index (χ2n) is 4.12. The van der Waals surface area contributed by atoms with E-state index in [1.807, 2.05) is 31.2 Å². The van der Waals surface area contributed by atoms with E-state index in [0.717, 1.165) is 28.8 Å². The van der Waals surface area contributed by atoms with Gasteiger partial charge in [0.05, 0.1) is 5.52 Å². The van der Waals surface area contributed by atoms with Gasteiger partial charge in [0, 0.05) is 22.6 Å². The molecule has 0 saturated heterocycles. The number of nitrogens with two attached hydrogens (primary N) is 1. The molecule has 1 atom stereocenters. The summed E-state index contributed by atoms with van der Waals surface area (Å²) in [5.74, 6) is 0. The molecule has 1 heterocycles. The zero-order chi connectivity index (χ0) is 11.5. The summed E-state index contributed by atoms with van der Waals surface area (Å²) in [7, 11) is 0.